The molecule has 0 aliphatic carbocycles. The first-order valence-electron chi connectivity index (χ1n) is 5.64. The molecular formula is C12H19N3O2. The quantitative estimate of drug-likeness (QED) is 0.571. The van der Waals surface area contributed by atoms with Gasteiger partial charge in [0.1, 0.15) is 0 Å². The highest BCUT2D eigenvalue weighted by molar-refractivity contribution is 5.96. The predicted molar refractivity (Wildman–Crippen MR) is 69.0 cm³/mol. The van der Waals surface area contributed by atoms with E-state index in [1.54, 1.807) is 25.1 Å². The highest BCUT2D eigenvalue weighted by Crippen LogP contribution is 2.19. The number of nitrogens with two attached hydrogens (primary N) is 1. The van der Waals surface area contributed by atoms with Crippen molar-refractivity contribution in [2.75, 3.05) is 24.1 Å². The third kappa shape index (κ3) is 3.96. The van der Waals surface area contributed by atoms with E-state index in [1.165, 1.54) is 0 Å². The predicted octanol–water partition coefficient (Wildman–Crippen LogP) is 0.811. The number of carbonyl (C=O) groups is 1. The van der Waals surface area contributed by atoms with Crippen LogP contribution in [0.25, 0.3) is 0 Å². The molecule has 5 heteroatoms. The van der Waals surface area contributed by atoms with Crippen molar-refractivity contribution in [3.05, 3.63) is 23.8 Å². The van der Waals surface area contributed by atoms with Crippen molar-refractivity contribution < 1.29 is 9.90 Å². The minimum atomic E-state index is -0.447. The maximum atomic E-state index is 11.5. The number of carbonyl (C=O) groups excluding carboxylic acids is 1. The maximum absolute atomic E-state index is 11.5. The van der Waals surface area contributed by atoms with Crippen LogP contribution in [0.2, 0.25) is 0 Å². The molecule has 0 saturated carbocycles. The highest BCUT2D eigenvalue weighted by Gasteiger charge is 2.07. The molecule has 1 amide bonds. The third-order valence-electron chi connectivity index (χ3n) is 2.24. The lowest BCUT2D eigenvalue weighted by Gasteiger charge is -2.12. The van der Waals surface area contributed by atoms with Crippen LogP contribution in [0.4, 0.5) is 11.4 Å². The van der Waals surface area contributed by atoms with E-state index < -0.39 is 6.10 Å². The summed E-state index contributed by atoms with van der Waals surface area (Å²) >= 11 is 0. The molecule has 0 heterocycles. The molecule has 1 unspecified atom stereocenters. The molecule has 17 heavy (non-hydrogen) atoms. The first-order chi connectivity index (χ1) is 8.04. The second kappa shape index (κ2) is 6.10. The molecule has 0 aliphatic rings. The Labute approximate surface area is 101 Å². The number of hydrogen-bond acceptors (Lipinski definition) is 4. The van der Waals surface area contributed by atoms with Crippen LogP contribution >= 0.6 is 0 Å². The van der Waals surface area contributed by atoms with Crippen LogP contribution in [-0.4, -0.2) is 30.2 Å². The number of aliphatic hydroxyl groups is 1. The number of nitrogen functional groups attached to an aromatic ring is 1. The number of amides is 1. The fourth-order valence-corrected chi connectivity index (χ4v) is 1.39. The Hall–Kier alpha value is -1.75. The third-order valence-corrected chi connectivity index (χ3v) is 2.24. The summed E-state index contributed by atoms with van der Waals surface area (Å²) in [7, 11) is 0. The zero-order valence-electron chi connectivity index (χ0n) is 10.2. The lowest BCUT2D eigenvalue weighted by atomic mass is 10.1. The normalized spacial score (nSPS) is 11.9. The van der Waals surface area contributed by atoms with Gasteiger partial charge in [-0.15, -0.1) is 0 Å². The molecule has 1 atom stereocenters. The minimum absolute atomic E-state index is 0.138. The Balaban J connectivity index is 2.75. The van der Waals surface area contributed by atoms with Gasteiger partial charge >= 0.3 is 0 Å². The van der Waals surface area contributed by atoms with Gasteiger partial charge in [-0.3, -0.25) is 4.79 Å². The van der Waals surface area contributed by atoms with E-state index in [0.717, 1.165) is 5.69 Å². The largest absolute Gasteiger partial charge is 0.397 e. The summed E-state index contributed by atoms with van der Waals surface area (Å²) in [5.41, 5.74) is 7.57. The number of anilines is 2. The number of nitrogens with one attached hydrogen (secondary N) is 2. The Morgan fingerprint density at radius 1 is 1.53 bits per heavy atom. The smallest absolute Gasteiger partial charge is 0.251 e. The van der Waals surface area contributed by atoms with E-state index in [1.807, 2.05) is 6.92 Å². The fraction of sp³-hybridized carbons (Fsp3) is 0.417. The summed E-state index contributed by atoms with van der Waals surface area (Å²) in [6, 6.07) is 5.06. The van der Waals surface area contributed by atoms with Crippen molar-refractivity contribution in [2.45, 2.75) is 20.0 Å². The summed E-state index contributed by atoms with van der Waals surface area (Å²) in [5.74, 6) is -0.138. The molecule has 0 aromatic heterocycles. The van der Waals surface area contributed by atoms with E-state index in [-0.39, 0.29) is 5.91 Å². The lowest BCUT2D eigenvalue weighted by Crippen LogP contribution is -2.23. The first kappa shape index (κ1) is 13.3. The number of hydrogen-bond donors (Lipinski definition) is 4. The Bertz CT molecular complexity index is 391. The highest BCUT2D eigenvalue weighted by atomic mass is 16.3. The second-order valence-corrected chi connectivity index (χ2v) is 3.89. The molecule has 1 aromatic rings. The van der Waals surface area contributed by atoms with Crippen molar-refractivity contribution in [3.8, 4) is 0 Å². The van der Waals surface area contributed by atoms with E-state index in [0.29, 0.717) is 24.3 Å². The SMILES string of the molecule is CCNC(=O)c1ccc(NCC(C)O)c(N)c1. The van der Waals surface area contributed by atoms with Gasteiger partial charge in [0.25, 0.3) is 5.91 Å². The molecule has 0 fully saturated rings. The molecule has 0 spiro atoms. The Kier molecular flexibility index (Phi) is 4.78. The number of rotatable bonds is 5. The Morgan fingerprint density at radius 3 is 2.76 bits per heavy atom. The van der Waals surface area contributed by atoms with E-state index in [9.17, 15) is 4.79 Å². The van der Waals surface area contributed by atoms with Crippen LogP contribution in [0.3, 0.4) is 0 Å². The molecule has 0 bridgehead atoms. The number of aliphatic hydroxyl groups excluding tert-OH is 1. The van der Waals surface area contributed by atoms with Gasteiger partial charge in [0, 0.05) is 18.7 Å². The van der Waals surface area contributed by atoms with Crippen LogP contribution < -0.4 is 16.4 Å². The standard InChI is InChI=1S/C12H19N3O2/c1-3-14-12(17)9-4-5-11(10(13)6-9)15-7-8(2)16/h4-6,8,15-16H,3,7,13H2,1-2H3,(H,14,17). The average Bonchev–Trinajstić information content (AvgIpc) is 2.27. The molecule has 5 nitrogen and oxygen atoms in total. The van der Waals surface area contributed by atoms with Crippen LogP contribution in [0, 0.1) is 0 Å². The van der Waals surface area contributed by atoms with Crippen LogP contribution in [0.5, 0.6) is 0 Å². The molecule has 0 radical (unpaired) electrons. The average molecular weight is 237 g/mol. The van der Waals surface area contributed by atoms with E-state index in [2.05, 4.69) is 10.6 Å². The number of benzene rings is 1. The molecule has 1 aromatic carbocycles. The molecule has 1 rings (SSSR count). The molecule has 0 aliphatic heterocycles. The van der Waals surface area contributed by atoms with E-state index in [4.69, 9.17) is 10.8 Å². The molecule has 94 valence electrons. The van der Waals surface area contributed by atoms with Crippen LogP contribution in [0.1, 0.15) is 24.2 Å². The first-order valence-corrected chi connectivity index (χ1v) is 5.64. The van der Waals surface area contributed by atoms with Crippen molar-refractivity contribution in [1.29, 1.82) is 0 Å². The lowest BCUT2D eigenvalue weighted by molar-refractivity contribution is 0.0956. The summed E-state index contributed by atoms with van der Waals surface area (Å²) in [6.45, 7) is 4.55. The van der Waals surface area contributed by atoms with Crippen LogP contribution in [-0.2, 0) is 0 Å². The van der Waals surface area contributed by atoms with Gasteiger partial charge in [0.05, 0.1) is 17.5 Å². The van der Waals surface area contributed by atoms with Gasteiger partial charge in [-0.05, 0) is 32.0 Å². The monoisotopic (exact) mass is 237 g/mol. The van der Waals surface area contributed by atoms with Crippen molar-refractivity contribution in [1.82, 2.24) is 5.32 Å². The van der Waals surface area contributed by atoms with Gasteiger partial charge in [-0.25, -0.2) is 0 Å². The zero-order valence-corrected chi connectivity index (χ0v) is 10.2. The minimum Gasteiger partial charge on any atom is -0.397 e. The Morgan fingerprint density at radius 2 is 2.24 bits per heavy atom. The molecule has 0 saturated heterocycles. The molecular weight excluding hydrogens is 218 g/mol. The van der Waals surface area contributed by atoms with Gasteiger partial charge in [-0.2, -0.15) is 0 Å². The van der Waals surface area contributed by atoms with Gasteiger partial charge in [0.2, 0.25) is 0 Å². The zero-order chi connectivity index (χ0) is 12.8. The summed E-state index contributed by atoms with van der Waals surface area (Å²) in [6.07, 6.45) is -0.447. The van der Waals surface area contributed by atoms with Crippen LogP contribution in [0.15, 0.2) is 18.2 Å². The van der Waals surface area contributed by atoms with Crippen molar-refractivity contribution in [2.24, 2.45) is 0 Å². The summed E-state index contributed by atoms with van der Waals surface area (Å²) in [4.78, 5) is 11.5. The van der Waals surface area contributed by atoms with Crippen molar-refractivity contribution >= 4 is 17.3 Å². The maximum Gasteiger partial charge on any atom is 0.251 e. The van der Waals surface area contributed by atoms with Gasteiger partial charge < -0.3 is 21.5 Å². The van der Waals surface area contributed by atoms with Gasteiger partial charge in [-0.1, -0.05) is 0 Å². The van der Waals surface area contributed by atoms with E-state index >= 15 is 0 Å². The fourth-order valence-electron chi connectivity index (χ4n) is 1.39. The van der Waals surface area contributed by atoms with Crippen molar-refractivity contribution in [3.63, 3.8) is 0 Å². The summed E-state index contributed by atoms with van der Waals surface area (Å²) in [5, 5.41) is 14.9. The summed E-state index contributed by atoms with van der Waals surface area (Å²) < 4.78 is 0. The molecule has 5 N–H and O–H groups in total. The van der Waals surface area contributed by atoms with Gasteiger partial charge in [0.15, 0.2) is 0 Å². The topological polar surface area (TPSA) is 87.4 Å². The second-order valence-electron chi connectivity index (χ2n) is 3.89.